The molecule has 3 heterocycles. The minimum absolute atomic E-state index is 0.138. The molecule has 1 fully saturated rings. The second-order valence-corrected chi connectivity index (χ2v) is 6.66. The summed E-state index contributed by atoms with van der Waals surface area (Å²) < 4.78 is 6.97. The van der Waals surface area contributed by atoms with E-state index >= 15 is 0 Å². The van der Waals surface area contributed by atoms with Gasteiger partial charge in [0.25, 0.3) is 5.91 Å². The maximum atomic E-state index is 12.8. The number of morpholine rings is 1. The maximum Gasteiger partial charge on any atom is 0.270 e. The van der Waals surface area contributed by atoms with E-state index in [0.29, 0.717) is 17.9 Å². The molecule has 0 aliphatic carbocycles. The molecule has 0 spiro atoms. The molecule has 0 unspecified atom stereocenters. The molecule has 1 aliphatic heterocycles. The predicted octanol–water partition coefficient (Wildman–Crippen LogP) is 1.77. The summed E-state index contributed by atoms with van der Waals surface area (Å²) in [4.78, 5) is 19.6. The van der Waals surface area contributed by atoms with Crippen molar-refractivity contribution in [2.75, 3.05) is 39.4 Å². The van der Waals surface area contributed by atoms with Crippen molar-refractivity contribution in [1.82, 2.24) is 24.8 Å². The summed E-state index contributed by atoms with van der Waals surface area (Å²) in [6.07, 6.45) is 0. The summed E-state index contributed by atoms with van der Waals surface area (Å²) in [5.41, 5.74) is 3.77. The van der Waals surface area contributed by atoms with E-state index in [1.807, 2.05) is 43.3 Å². The molecule has 2 aromatic heterocycles. The molecule has 0 saturated carbocycles. The number of aromatic nitrogens is 3. The van der Waals surface area contributed by atoms with Crippen LogP contribution in [-0.4, -0.2) is 64.8 Å². The average molecular weight is 365 g/mol. The van der Waals surface area contributed by atoms with Crippen LogP contribution in [0.5, 0.6) is 0 Å². The number of amides is 1. The molecule has 1 aliphatic rings. The molecule has 3 aromatic rings. The van der Waals surface area contributed by atoms with Gasteiger partial charge in [0, 0.05) is 43.5 Å². The molecule has 140 valence electrons. The molecule has 1 amide bonds. The predicted molar refractivity (Wildman–Crippen MR) is 103 cm³/mol. The number of rotatable bonds is 5. The van der Waals surface area contributed by atoms with Crippen molar-refractivity contribution >= 4 is 11.6 Å². The van der Waals surface area contributed by atoms with Crippen LogP contribution in [0.3, 0.4) is 0 Å². The number of fused-ring (bicyclic) bond motifs is 1. The highest BCUT2D eigenvalue weighted by atomic mass is 16.5. The smallest absolute Gasteiger partial charge is 0.270 e. The Balaban J connectivity index is 1.53. The topological polar surface area (TPSA) is 71.8 Å². The summed E-state index contributed by atoms with van der Waals surface area (Å²) in [7, 11) is 0. The van der Waals surface area contributed by atoms with Gasteiger partial charge in [0.2, 0.25) is 0 Å². The summed E-state index contributed by atoms with van der Waals surface area (Å²) in [5.74, 6) is -0.138. The molecule has 0 atom stereocenters. The lowest BCUT2D eigenvalue weighted by Crippen LogP contribution is -2.41. The van der Waals surface area contributed by atoms with Gasteiger partial charge < -0.3 is 10.1 Å². The Bertz CT molecular complexity index is 932. The molecule has 0 radical (unpaired) electrons. The minimum Gasteiger partial charge on any atom is -0.379 e. The van der Waals surface area contributed by atoms with Crippen LogP contribution in [0.15, 0.2) is 42.5 Å². The number of hydrogen-bond acceptors (Lipinski definition) is 5. The molecule has 1 saturated heterocycles. The molecule has 27 heavy (non-hydrogen) atoms. The zero-order valence-electron chi connectivity index (χ0n) is 15.4. The van der Waals surface area contributed by atoms with Crippen molar-refractivity contribution in [3.8, 4) is 11.3 Å². The largest absolute Gasteiger partial charge is 0.379 e. The third-order valence-electron chi connectivity index (χ3n) is 4.67. The van der Waals surface area contributed by atoms with E-state index in [4.69, 9.17) is 4.74 Å². The fourth-order valence-corrected chi connectivity index (χ4v) is 3.25. The summed E-state index contributed by atoms with van der Waals surface area (Å²) in [6, 6.07) is 13.6. The van der Waals surface area contributed by atoms with E-state index < -0.39 is 0 Å². The van der Waals surface area contributed by atoms with E-state index in [9.17, 15) is 4.79 Å². The first-order valence-electron chi connectivity index (χ1n) is 9.22. The number of benzene rings is 1. The van der Waals surface area contributed by atoms with Gasteiger partial charge in [-0.25, -0.2) is 9.50 Å². The second kappa shape index (κ2) is 7.85. The maximum absolute atomic E-state index is 12.8. The molecular weight excluding hydrogens is 342 g/mol. The number of ether oxygens (including phenoxy) is 1. The Kier molecular flexibility index (Phi) is 5.13. The lowest BCUT2D eigenvalue weighted by atomic mass is 10.2. The Hall–Kier alpha value is -2.77. The highest BCUT2D eigenvalue weighted by Gasteiger charge is 2.16. The van der Waals surface area contributed by atoms with Gasteiger partial charge in [0.15, 0.2) is 5.65 Å². The minimum atomic E-state index is -0.138. The zero-order chi connectivity index (χ0) is 18.6. The summed E-state index contributed by atoms with van der Waals surface area (Å²) in [6.45, 7) is 6.63. The van der Waals surface area contributed by atoms with Crippen LogP contribution in [-0.2, 0) is 4.74 Å². The molecule has 0 bridgehead atoms. The van der Waals surface area contributed by atoms with E-state index in [-0.39, 0.29) is 5.91 Å². The molecular formula is C20H23N5O2. The van der Waals surface area contributed by atoms with Gasteiger partial charge in [0.05, 0.1) is 18.9 Å². The van der Waals surface area contributed by atoms with Crippen LogP contribution in [0.2, 0.25) is 0 Å². The van der Waals surface area contributed by atoms with E-state index in [0.717, 1.165) is 49.8 Å². The Morgan fingerprint density at radius 1 is 1.19 bits per heavy atom. The van der Waals surface area contributed by atoms with Crippen molar-refractivity contribution in [2.45, 2.75) is 6.92 Å². The fourth-order valence-electron chi connectivity index (χ4n) is 3.25. The van der Waals surface area contributed by atoms with Gasteiger partial charge in [-0.15, -0.1) is 0 Å². The summed E-state index contributed by atoms with van der Waals surface area (Å²) >= 11 is 0. The van der Waals surface area contributed by atoms with Crippen LogP contribution in [0.4, 0.5) is 0 Å². The van der Waals surface area contributed by atoms with Crippen LogP contribution in [0, 0.1) is 6.92 Å². The third kappa shape index (κ3) is 3.99. The van der Waals surface area contributed by atoms with E-state index in [2.05, 4.69) is 20.3 Å². The number of carbonyl (C=O) groups excluding carboxylic acids is 1. The normalized spacial score (nSPS) is 15.1. The van der Waals surface area contributed by atoms with Gasteiger partial charge in [0.1, 0.15) is 5.69 Å². The number of hydrogen-bond donors (Lipinski definition) is 1. The monoisotopic (exact) mass is 365 g/mol. The summed E-state index contributed by atoms with van der Waals surface area (Å²) in [5, 5.41) is 7.61. The number of carbonyl (C=O) groups is 1. The molecule has 1 N–H and O–H groups in total. The first-order valence-corrected chi connectivity index (χ1v) is 9.22. The van der Waals surface area contributed by atoms with Crippen molar-refractivity contribution < 1.29 is 9.53 Å². The fraction of sp³-hybridized carbons (Fsp3) is 0.350. The number of nitrogens with one attached hydrogen (secondary N) is 1. The van der Waals surface area contributed by atoms with Crippen molar-refractivity contribution in [2.24, 2.45) is 0 Å². The van der Waals surface area contributed by atoms with Gasteiger partial charge in [-0.3, -0.25) is 9.69 Å². The standard InChI is InChI=1S/C20H23N5O2/c1-15-13-18(20(26)21-7-8-24-9-11-27-12-10-24)25-19(22-15)14-17(23-25)16-5-3-2-4-6-16/h2-6,13-14H,7-12H2,1H3,(H,21,26). The average Bonchev–Trinajstić information content (AvgIpc) is 3.12. The van der Waals surface area contributed by atoms with Crippen LogP contribution >= 0.6 is 0 Å². The van der Waals surface area contributed by atoms with E-state index in [1.54, 1.807) is 10.6 Å². The van der Waals surface area contributed by atoms with Crippen molar-refractivity contribution in [1.29, 1.82) is 0 Å². The third-order valence-corrected chi connectivity index (χ3v) is 4.67. The van der Waals surface area contributed by atoms with Crippen molar-refractivity contribution in [3.05, 3.63) is 53.9 Å². The second-order valence-electron chi connectivity index (χ2n) is 6.66. The molecule has 4 rings (SSSR count). The number of nitrogens with zero attached hydrogens (tertiary/aromatic N) is 4. The molecule has 7 nitrogen and oxygen atoms in total. The van der Waals surface area contributed by atoms with Gasteiger partial charge in [-0.05, 0) is 13.0 Å². The van der Waals surface area contributed by atoms with Crippen molar-refractivity contribution in [3.63, 3.8) is 0 Å². The van der Waals surface area contributed by atoms with E-state index in [1.165, 1.54) is 0 Å². The van der Waals surface area contributed by atoms with Gasteiger partial charge in [-0.2, -0.15) is 5.10 Å². The lowest BCUT2D eigenvalue weighted by molar-refractivity contribution is 0.0383. The van der Waals surface area contributed by atoms with Crippen LogP contribution in [0.25, 0.3) is 16.9 Å². The van der Waals surface area contributed by atoms with Gasteiger partial charge >= 0.3 is 0 Å². The molecule has 7 heteroatoms. The first kappa shape index (κ1) is 17.6. The zero-order valence-corrected chi connectivity index (χ0v) is 15.4. The Labute approximate surface area is 158 Å². The molecule has 1 aromatic carbocycles. The van der Waals surface area contributed by atoms with Crippen LogP contribution < -0.4 is 5.32 Å². The quantitative estimate of drug-likeness (QED) is 0.746. The highest BCUT2D eigenvalue weighted by Crippen LogP contribution is 2.20. The van der Waals surface area contributed by atoms with Gasteiger partial charge in [-0.1, -0.05) is 30.3 Å². The first-order chi connectivity index (χ1) is 13.2. The Morgan fingerprint density at radius 3 is 2.74 bits per heavy atom. The SMILES string of the molecule is Cc1cc(C(=O)NCCN2CCOCC2)n2nc(-c3ccccc3)cc2n1. The Morgan fingerprint density at radius 2 is 1.96 bits per heavy atom. The highest BCUT2D eigenvalue weighted by molar-refractivity contribution is 5.93. The van der Waals surface area contributed by atoms with Crippen LogP contribution in [0.1, 0.15) is 16.2 Å². The number of aryl methyl sites for hydroxylation is 1. The lowest BCUT2D eigenvalue weighted by Gasteiger charge is -2.26.